The molecule has 0 aromatic heterocycles. The van der Waals surface area contributed by atoms with E-state index >= 15 is 0 Å². The number of hydrogen-bond donors (Lipinski definition) is 0. The van der Waals surface area contributed by atoms with Crippen LogP contribution in [-0.4, -0.2) is 20.3 Å². The molecule has 0 saturated heterocycles. The Morgan fingerprint density at radius 2 is 1.94 bits per heavy atom. The highest BCUT2D eigenvalue weighted by Crippen LogP contribution is 2.30. The Morgan fingerprint density at radius 3 is 2.47 bits per heavy atom. The van der Waals surface area contributed by atoms with Gasteiger partial charge in [-0.3, -0.25) is 0 Å². The average Bonchev–Trinajstić information content (AvgIpc) is 2.26. The molecule has 6 heteroatoms. The van der Waals surface area contributed by atoms with Gasteiger partial charge in [0.2, 0.25) is 0 Å². The highest BCUT2D eigenvalue weighted by Gasteiger charge is 2.41. The fraction of sp³-hybridized carbons (Fsp3) is 0.273. The zero-order valence-corrected chi connectivity index (χ0v) is 9.44. The maximum atomic E-state index is 13.1. The van der Waals surface area contributed by atoms with Gasteiger partial charge in [0.15, 0.2) is 11.7 Å². The van der Waals surface area contributed by atoms with Gasteiger partial charge in [0.05, 0.1) is 7.11 Å². The predicted octanol–water partition coefficient (Wildman–Crippen LogP) is 2.65. The lowest BCUT2D eigenvalue weighted by Gasteiger charge is -2.29. The molecule has 3 nitrogen and oxygen atoms in total. The third kappa shape index (κ3) is 2.73. The molecule has 1 unspecified atom stereocenters. The summed E-state index contributed by atoms with van der Waals surface area (Å²) < 4.78 is 39.9. The Morgan fingerprint density at radius 1 is 1.29 bits per heavy atom. The van der Waals surface area contributed by atoms with Gasteiger partial charge in [-0.2, -0.15) is 0 Å². The van der Waals surface area contributed by atoms with Crippen molar-refractivity contribution in [3.63, 3.8) is 0 Å². The molecule has 0 radical (unpaired) electrons. The molecule has 1 aromatic rings. The van der Waals surface area contributed by atoms with Crippen LogP contribution in [0.3, 0.4) is 0 Å². The van der Waals surface area contributed by atoms with Gasteiger partial charge in [0.25, 0.3) is 0 Å². The van der Waals surface area contributed by atoms with Crippen LogP contribution in [0.5, 0.6) is 5.75 Å². The monoisotopic (exact) mass is 240 g/mol. The summed E-state index contributed by atoms with van der Waals surface area (Å²) in [4.78, 5) is 0. The van der Waals surface area contributed by atoms with Gasteiger partial charge in [-0.25, -0.2) is 0 Å². The van der Waals surface area contributed by atoms with Crippen LogP contribution in [0, 0.1) is 6.08 Å². The normalized spacial score (nSPS) is 22.1. The van der Waals surface area contributed by atoms with E-state index < -0.39 is 13.2 Å². The van der Waals surface area contributed by atoms with Crippen molar-refractivity contribution in [3.05, 3.63) is 35.9 Å². The fourth-order valence-corrected chi connectivity index (χ4v) is 1.55. The summed E-state index contributed by atoms with van der Waals surface area (Å²) in [6.07, 6.45) is 1.90. The van der Waals surface area contributed by atoms with Crippen molar-refractivity contribution >= 4 is 12.9 Å². The van der Waals surface area contributed by atoms with Crippen molar-refractivity contribution in [2.75, 3.05) is 7.11 Å². The Kier molecular flexibility index (Phi) is 3.00. The lowest BCUT2D eigenvalue weighted by molar-refractivity contribution is 0.0905. The molecule has 0 amide bonds. The van der Waals surface area contributed by atoms with Crippen molar-refractivity contribution in [2.45, 2.75) is 13.0 Å². The van der Waals surface area contributed by atoms with Crippen LogP contribution < -0.4 is 4.74 Å². The van der Waals surface area contributed by atoms with Crippen LogP contribution in [-0.2, 0) is 9.31 Å². The van der Waals surface area contributed by atoms with Crippen molar-refractivity contribution < 1.29 is 22.7 Å². The Balaban J connectivity index is 2.26. The SMILES string of the molecule is COc1ccc(C2=[C+]C(C)O[B-](F)(F)O2)cc1. The number of benzene rings is 1. The molecular weight excluding hydrogens is 229 g/mol. The van der Waals surface area contributed by atoms with Crippen LogP contribution in [0.2, 0.25) is 0 Å². The highest BCUT2D eigenvalue weighted by atomic mass is 19.3. The van der Waals surface area contributed by atoms with Gasteiger partial charge in [-0.15, -0.1) is 0 Å². The first kappa shape index (κ1) is 11.8. The standard InChI is InChI=1S/C11H11BF2O3/c1-8-7-11(17-12(13,14)16-8)9-3-5-10(15-2)6-4-9/h3-6,8H,1-2H3. The number of hydrogen-bond acceptors (Lipinski definition) is 3. The van der Waals surface area contributed by atoms with E-state index in [-0.39, 0.29) is 5.76 Å². The van der Waals surface area contributed by atoms with Crippen LogP contribution in [0.15, 0.2) is 24.3 Å². The largest absolute Gasteiger partial charge is 0.668 e. The lowest BCUT2D eigenvalue weighted by Crippen LogP contribution is -2.38. The third-order valence-corrected chi connectivity index (χ3v) is 2.30. The highest BCUT2D eigenvalue weighted by molar-refractivity contribution is 6.53. The summed E-state index contributed by atoms with van der Waals surface area (Å²) in [7, 11) is -2.73. The van der Waals surface area contributed by atoms with Crippen LogP contribution >= 0.6 is 0 Å². The van der Waals surface area contributed by atoms with Crippen molar-refractivity contribution in [3.8, 4) is 5.75 Å². The molecule has 2 rings (SSSR count). The van der Waals surface area contributed by atoms with E-state index in [1.54, 1.807) is 24.3 Å². The summed E-state index contributed by atoms with van der Waals surface area (Å²) in [5.74, 6) is 0.656. The molecule has 1 aromatic carbocycles. The van der Waals surface area contributed by atoms with E-state index in [0.29, 0.717) is 11.3 Å². The van der Waals surface area contributed by atoms with Gasteiger partial charge in [-0.1, -0.05) is 0 Å². The van der Waals surface area contributed by atoms with Crippen LogP contribution in [0.4, 0.5) is 8.63 Å². The zero-order valence-electron chi connectivity index (χ0n) is 9.44. The summed E-state index contributed by atoms with van der Waals surface area (Å²) in [5.41, 5.74) is 0.516. The van der Waals surface area contributed by atoms with Gasteiger partial charge in [-0.05, 0) is 6.92 Å². The molecule has 0 bridgehead atoms. The second-order valence-electron chi connectivity index (χ2n) is 3.63. The van der Waals surface area contributed by atoms with E-state index in [9.17, 15) is 8.63 Å². The molecule has 0 spiro atoms. The van der Waals surface area contributed by atoms with Gasteiger partial charge >= 0.3 is 12.9 Å². The number of methoxy groups -OCH3 is 1. The molecule has 0 N–H and O–H groups in total. The maximum Gasteiger partial charge on any atom is 0.668 e. The molecule has 0 saturated carbocycles. The van der Waals surface area contributed by atoms with Gasteiger partial charge < -0.3 is 22.7 Å². The quantitative estimate of drug-likeness (QED) is 0.587. The summed E-state index contributed by atoms with van der Waals surface area (Å²) in [6.45, 7) is 1.49. The van der Waals surface area contributed by atoms with Crippen LogP contribution in [0.25, 0.3) is 5.76 Å². The first-order valence-electron chi connectivity index (χ1n) is 5.15. The first-order chi connectivity index (χ1) is 8.00. The molecule has 17 heavy (non-hydrogen) atoms. The Bertz CT molecular complexity index is 431. The average molecular weight is 240 g/mol. The molecule has 90 valence electrons. The first-order valence-corrected chi connectivity index (χ1v) is 5.15. The smallest absolute Gasteiger partial charge is 0.601 e. The topological polar surface area (TPSA) is 27.7 Å². The lowest BCUT2D eigenvalue weighted by atomic mass is 10.1. The maximum absolute atomic E-state index is 13.1. The minimum atomic E-state index is -4.26. The third-order valence-electron chi connectivity index (χ3n) is 2.30. The molecule has 0 aliphatic carbocycles. The molecule has 0 fully saturated rings. The number of ether oxygens (including phenoxy) is 1. The van der Waals surface area contributed by atoms with Crippen molar-refractivity contribution in [1.29, 1.82) is 0 Å². The molecule has 1 aliphatic heterocycles. The zero-order chi connectivity index (χ0) is 12.5. The molecule has 1 heterocycles. The summed E-state index contributed by atoms with van der Waals surface area (Å²) >= 11 is 0. The fourth-order valence-electron chi connectivity index (χ4n) is 1.55. The van der Waals surface area contributed by atoms with Gasteiger partial charge in [0, 0.05) is 24.3 Å². The van der Waals surface area contributed by atoms with E-state index in [1.807, 2.05) is 0 Å². The van der Waals surface area contributed by atoms with Crippen molar-refractivity contribution in [1.82, 2.24) is 0 Å². The number of halogens is 2. The van der Waals surface area contributed by atoms with Crippen LogP contribution in [0.1, 0.15) is 12.5 Å². The summed E-state index contributed by atoms with van der Waals surface area (Å²) in [6, 6.07) is 6.59. The summed E-state index contributed by atoms with van der Waals surface area (Å²) in [5, 5.41) is 0. The minimum Gasteiger partial charge on any atom is -0.601 e. The molecular formula is C11H11BF2O3. The molecule has 1 aliphatic rings. The second kappa shape index (κ2) is 4.32. The second-order valence-corrected chi connectivity index (χ2v) is 3.63. The van der Waals surface area contributed by atoms with E-state index in [4.69, 9.17) is 4.74 Å². The van der Waals surface area contributed by atoms with Gasteiger partial charge in [0.1, 0.15) is 11.8 Å². The molecule has 1 atom stereocenters. The van der Waals surface area contributed by atoms with E-state index in [1.165, 1.54) is 14.0 Å². The van der Waals surface area contributed by atoms with Crippen molar-refractivity contribution in [2.24, 2.45) is 0 Å². The predicted molar refractivity (Wildman–Crippen MR) is 59.2 cm³/mol. The Labute approximate surface area is 98.1 Å². The van der Waals surface area contributed by atoms with E-state index in [2.05, 4.69) is 15.4 Å². The van der Waals surface area contributed by atoms with E-state index in [0.717, 1.165) is 0 Å². The number of rotatable bonds is 2. The Hall–Kier alpha value is -1.65. The minimum absolute atomic E-state index is 0.0106.